The molecule has 0 bridgehead atoms. The van der Waals surface area contributed by atoms with Gasteiger partial charge in [0.15, 0.2) is 0 Å². The van der Waals surface area contributed by atoms with E-state index in [0.717, 1.165) is 25.7 Å². The molecule has 2 amide bonds. The Labute approximate surface area is 121 Å². The molecule has 20 heavy (non-hydrogen) atoms. The van der Waals surface area contributed by atoms with Gasteiger partial charge in [-0.15, -0.1) is 0 Å². The smallest absolute Gasteiger partial charge is 0.223 e. The number of amides is 2. The molecule has 5 nitrogen and oxygen atoms in total. The van der Waals surface area contributed by atoms with Gasteiger partial charge in [0.2, 0.25) is 11.8 Å². The lowest BCUT2D eigenvalue weighted by molar-refractivity contribution is -0.128. The molecule has 0 aliphatic heterocycles. The number of nitrogens with two attached hydrogens (primary N) is 1. The molecule has 4 unspecified atom stereocenters. The Morgan fingerprint density at radius 1 is 1.00 bits per heavy atom. The molecule has 2 aliphatic carbocycles. The van der Waals surface area contributed by atoms with Crippen LogP contribution in [0.4, 0.5) is 0 Å². The van der Waals surface area contributed by atoms with Crippen LogP contribution in [0.15, 0.2) is 0 Å². The molecule has 2 saturated carbocycles. The van der Waals surface area contributed by atoms with Gasteiger partial charge in [-0.2, -0.15) is 0 Å². The molecule has 4 atom stereocenters. The van der Waals surface area contributed by atoms with Crippen molar-refractivity contribution in [3.05, 3.63) is 0 Å². The van der Waals surface area contributed by atoms with Crippen molar-refractivity contribution < 1.29 is 9.59 Å². The van der Waals surface area contributed by atoms with E-state index in [4.69, 9.17) is 5.73 Å². The lowest BCUT2D eigenvalue weighted by Gasteiger charge is -2.36. The van der Waals surface area contributed by atoms with Crippen LogP contribution in [0, 0.1) is 23.7 Å². The minimum absolute atomic E-state index is 0.0142. The Bertz CT molecular complexity index is 368. The lowest BCUT2D eigenvalue weighted by Crippen LogP contribution is -2.46. The Morgan fingerprint density at radius 2 is 1.60 bits per heavy atom. The van der Waals surface area contributed by atoms with Gasteiger partial charge in [-0.25, -0.2) is 0 Å². The van der Waals surface area contributed by atoms with E-state index in [1.807, 2.05) is 0 Å². The highest BCUT2D eigenvalue weighted by molar-refractivity contribution is 5.81. The van der Waals surface area contributed by atoms with Gasteiger partial charge in [0.25, 0.3) is 0 Å². The second kappa shape index (κ2) is 6.57. The molecule has 0 aromatic rings. The van der Waals surface area contributed by atoms with Crippen molar-refractivity contribution in [3.8, 4) is 0 Å². The van der Waals surface area contributed by atoms with Crippen LogP contribution in [-0.2, 0) is 9.59 Å². The molecule has 0 aromatic carbocycles. The minimum atomic E-state index is 0.0142. The molecule has 5 heteroatoms. The predicted molar refractivity (Wildman–Crippen MR) is 77.8 cm³/mol. The van der Waals surface area contributed by atoms with Gasteiger partial charge in [0.05, 0.1) is 0 Å². The Kier molecular flexibility index (Phi) is 5.02. The fraction of sp³-hybridized carbons (Fsp3) is 0.867. The molecule has 2 fully saturated rings. The summed E-state index contributed by atoms with van der Waals surface area (Å²) in [5.74, 6) is 1.32. The van der Waals surface area contributed by atoms with Gasteiger partial charge in [0, 0.05) is 31.0 Å². The van der Waals surface area contributed by atoms with Crippen LogP contribution in [0.3, 0.4) is 0 Å². The maximum atomic E-state index is 12.2. The minimum Gasteiger partial charge on any atom is -0.354 e. The summed E-state index contributed by atoms with van der Waals surface area (Å²) in [6, 6.07) is 0.122. The normalized spacial score (nSPS) is 33.5. The van der Waals surface area contributed by atoms with Gasteiger partial charge < -0.3 is 16.4 Å². The summed E-state index contributed by atoms with van der Waals surface area (Å²) < 4.78 is 0. The topological polar surface area (TPSA) is 84.2 Å². The van der Waals surface area contributed by atoms with Crippen LogP contribution in [0.25, 0.3) is 0 Å². The van der Waals surface area contributed by atoms with Crippen molar-refractivity contribution in [2.24, 2.45) is 29.4 Å². The fourth-order valence-corrected chi connectivity index (χ4v) is 3.04. The van der Waals surface area contributed by atoms with Crippen molar-refractivity contribution in [1.82, 2.24) is 10.6 Å². The first kappa shape index (κ1) is 15.3. The summed E-state index contributed by atoms with van der Waals surface area (Å²) in [6.45, 7) is 5.31. The first-order valence-corrected chi connectivity index (χ1v) is 7.80. The van der Waals surface area contributed by atoms with E-state index in [1.165, 1.54) is 0 Å². The van der Waals surface area contributed by atoms with E-state index in [0.29, 0.717) is 24.9 Å². The van der Waals surface area contributed by atoms with E-state index in [9.17, 15) is 9.59 Å². The molecule has 2 rings (SSSR count). The number of hydrogen-bond donors (Lipinski definition) is 3. The largest absolute Gasteiger partial charge is 0.354 e. The molecule has 2 aliphatic rings. The van der Waals surface area contributed by atoms with E-state index in [2.05, 4.69) is 24.5 Å². The third-order valence-corrected chi connectivity index (χ3v) is 4.70. The van der Waals surface area contributed by atoms with E-state index in [1.54, 1.807) is 0 Å². The van der Waals surface area contributed by atoms with Crippen LogP contribution in [-0.4, -0.2) is 30.9 Å². The highest BCUT2D eigenvalue weighted by Crippen LogP contribution is 2.32. The first-order chi connectivity index (χ1) is 9.49. The number of carbonyl (C=O) groups excluding carboxylic acids is 2. The van der Waals surface area contributed by atoms with Gasteiger partial charge in [-0.3, -0.25) is 9.59 Å². The zero-order valence-corrected chi connectivity index (χ0v) is 12.5. The summed E-state index contributed by atoms with van der Waals surface area (Å²) in [5.41, 5.74) is 6.07. The van der Waals surface area contributed by atoms with Crippen LogP contribution < -0.4 is 16.4 Å². The number of rotatable bonds is 5. The quantitative estimate of drug-likeness (QED) is 0.647. The number of nitrogens with one attached hydrogen (secondary N) is 2. The summed E-state index contributed by atoms with van der Waals surface area (Å²) in [4.78, 5) is 23.6. The summed E-state index contributed by atoms with van der Waals surface area (Å²) in [5, 5.41) is 5.78. The summed E-state index contributed by atoms with van der Waals surface area (Å²) in [6.07, 6.45) is 3.79. The average molecular weight is 281 g/mol. The van der Waals surface area contributed by atoms with E-state index >= 15 is 0 Å². The fourth-order valence-electron chi connectivity index (χ4n) is 3.04. The SMILES string of the molecule is CC1CC(C)C(C(=O)NCCNC(=O)C2CC2)CC1N. The second-order valence-corrected chi connectivity index (χ2v) is 6.55. The van der Waals surface area contributed by atoms with Gasteiger partial charge in [-0.05, 0) is 37.5 Å². The highest BCUT2D eigenvalue weighted by Gasteiger charge is 2.34. The van der Waals surface area contributed by atoms with Crippen molar-refractivity contribution in [2.45, 2.75) is 45.6 Å². The van der Waals surface area contributed by atoms with Crippen molar-refractivity contribution in [1.29, 1.82) is 0 Å². The Morgan fingerprint density at radius 3 is 2.20 bits per heavy atom. The van der Waals surface area contributed by atoms with Gasteiger partial charge in [-0.1, -0.05) is 13.8 Å². The Balaban J connectivity index is 1.67. The molecule has 0 saturated heterocycles. The van der Waals surface area contributed by atoms with E-state index < -0.39 is 0 Å². The molecule has 4 N–H and O–H groups in total. The zero-order valence-electron chi connectivity index (χ0n) is 12.5. The maximum absolute atomic E-state index is 12.2. The second-order valence-electron chi connectivity index (χ2n) is 6.55. The average Bonchev–Trinajstić information content (AvgIpc) is 3.22. The molecule has 0 spiro atoms. The van der Waals surface area contributed by atoms with Gasteiger partial charge >= 0.3 is 0 Å². The first-order valence-electron chi connectivity index (χ1n) is 7.80. The predicted octanol–water partition coefficient (Wildman–Crippen LogP) is 0.638. The molecule has 0 aromatic heterocycles. The summed E-state index contributed by atoms with van der Waals surface area (Å²) in [7, 11) is 0. The molecular weight excluding hydrogens is 254 g/mol. The number of carbonyl (C=O) groups is 2. The zero-order chi connectivity index (χ0) is 14.7. The molecular formula is C15H27N3O2. The number of hydrogen-bond acceptors (Lipinski definition) is 3. The monoisotopic (exact) mass is 281 g/mol. The lowest BCUT2D eigenvalue weighted by atomic mass is 9.72. The standard InChI is InChI=1S/C15H27N3O2/c1-9-7-10(2)13(16)8-12(9)15(20)18-6-5-17-14(19)11-3-4-11/h9-13H,3-8,16H2,1-2H3,(H,17,19)(H,18,20). The van der Waals surface area contributed by atoms with Crippen LogP contribution >= 0.6 is 0 Å². The third kappa shape index (κ3) is 3.95. The van der Waals surface area contributed by atoms with Crippen LogP contribution in [0.2, 0.25) is 0 Å². The Hall–Kier alpha value is -1.10. The highest BCUT2D eigenvalue weighted by atomic mass is 16.2. The maximum Gasteiger partial charge on any atom is 0.223 e. The molecule has 0 heterocycles. The summed E-state index contributed by atoms with van der Waals surface area (Å²) >= 11 is 0. The van der Waals surface area contributed by atoms with Crippen LogP contribution in [0.1, 0.15) is 39.5 Å². The molecule has 114 valence electrons. The van der Waals surface area contributed by atoms with Crippen LogP contribution in [0.5, 0.6) is 0 Å². The van der Waals surface area contributed by atoms with Gasteiger partial charge in [0.1, 0.15) is 0 Å². The van der Waals surface area contributed by atoms with Crippen molar-refractivity contribution >= 4 is 11.8 Å². The van der Waals surface area contributed by atoms with Crippen molar-refractivity contribution in [3.63, 3.8) is 0 Å². The van der Waals surface area contributed by atoms with Crippen molar-refractivity contribution in [2.75, 3.05) is 13.1 Å². The third-order valence-electron chi connectivity index (χ3n) is 4.70. The van der Waals surface area contributed by atoms with E-state index in [-0.39, 0.29) is 29.7 Å². The molecule has 0 radical (unpaired) electrons.